The number of aromatic nitrogens is 3. The number of hydrogen-bond acceptors (Lipinski definition) is 7. The van der Waals surface area contributed by atoms with Crippen molar-refractivity contribution in [3.05, 3.63) is 53.7 Å². The zero-order chi connectivity index (χ0) is 29.8. The number of carbonyl (C=O) groups is 1. The fourth-order valence-corrected chi connectivity index (χ4v) is 5.93. The van der Waals surface area contributed by atoms with E-state index in [0.29, 0.717) is 40.6 Å². The minimum Gasteiger partial charge on any atom is -0.444 e. The molecular formula is C32H27F2N5O3. The van der Waals surface area contributed by atoms with E-state index in [-0.39, 0.29) is 41.0 Å². The number of anilines is 1. The summed E-state index contributed by atoms with van der Waals surface area (Å²) < 4.78 is 41.9. The Bertz CT molecular complexity index is 1830. The molecule has 2 atom stereocenters. The third kappa shape index (κ3) is 4.59. The van der Waals surface area contributed by atoms with Gasteiger partial charge in [-0.3, -0.25) is 9.88 Å². The molecule has 42 heavy (non-hydrogen) atoms. The van der Waals surface area contributed by atoms with E-state index >= 15 is 4.39 Å². The summed E-state index contributed by atoms with van der Waals surface area (Å²) in [6.07, 6.45) is 15.8. The van der Waals surface area contributed by atoms with E-state index in [2.05, 4.69) is 20.9 Å². The Morgan fingerprint density at radius 3 is 2.48 bits per heavy atom. The van der Waals surface area contributed by atoms with Crippen molar-refractivity contribution in [2.24, 2.45) is 0 Å². The Balaban J connectivity index is 1.45. The van der Waals surface area contributed by atoms with Crippen molar-refractivity contribution < 1.29 is 23.0 Å². The molecule has 2 fully saturated rings. The van der Waals surface area contributed by atoms with Gasteiger partial charge in [-0.15, -0.1) is 6.42 Å². The lowest BCUT2D eigenvalue weighted by Gasteiger charge is -2.42. The van der Waals surface area contributed by atoms with Crippen LogP contribution in [0.5, 0.6) is 6.01 Å². The van der Waals surface area contributed by atoms with Gasteiger partial charge in [0, 0.05) is 30.2 Å². The van der Waals surface area contributed by atoms with Gasteiger partial charge in [0.05, 0.1) is 23.0 Å². The van der Waals surface area contributed by atoms with Crippen LogP contribution < -0.4 is 9.64 Å². The molecule has 4 heterocycles. The molecule has 2 saturated heterocycles. The van der Waals surface area contributed by atoms with Crippen molar-refractivity contribution in [3.63, 3.8) is 0 Å². The Morgan fingerprint density at radius 1 is 1.07 bits per heavy atom. The summed E-state index contributed by atoms with van der Waals surface area (Å²) in [6, 6.07) is 7.54. The smallest absolute Gasteiger partial charge is 0.410 e. The average Bonchev–Trinajstić information content (AvgIpc) is 3.22. The molecule has 2 aliphatic rings. The molecular weight excluding hydrogens is 540 g/mol. The summed E-state index contributed by atoms with van der Waals surface area (Å²) in [7, 11) is 0. The summed E-state index contributed by atoms with van der Waals surface area (Å²) >= 11 is 0. The standard InChI is InChI=1S/C32H27F2N5O3/c1-6-21-24(33)14-11-18-9-8-10-22(25(18)21)27-26(34)28-23(15-35-27)29(37-30(36-28)41-7-2)38-16-19-12-13-20(17-38)39(19)31(40)42-32(3,4)5/h1-2,8-11,14-15,19-20H,12-13,16-17H2,3-5H3. The second kappa shape index (κ2) is 10.1. The normalized spacial score (nSPS) is 18.2. The number of fused-ring (bicyclic) bond motifs is 4. The highest BCUT2D eigenvalue weighted by Crippen LogP contribution is 2.39. The van der Waals surface area contributed by atoms with E-state index in [1.165, 1.54) is 12.3 Å². The van der Waals surface area contributed by atoms with Gasteiger partial charge in [0.1, 0.15) is 34.6 Å². The van der Waals surface area contributed by atoms with Crippen molar-refractivity contribution >= 4 is 33.6 Å². The number of benzene rings is 2. The zero-order valence-corrected chi connectivity index (χ0v) is 23.3. The lowest BCUT2D eigenvalue weighted by Crippen LogP contribution is -2.57. The quantitative estimate of drug-likeness (QED) is 0.296. The SMILES string of the molecule is C#COc1nc(N2CC3CCC(C2)N3C(=O)OC(C)(C)C)c2cnc(-c3cccc4ccc(F)c(C#C)c34)c(F)c2n1. The fourth-order valence-electron chi connectivity index (χ4n) is 5.93. The van der Waals surface area contributed by atoms with Crippen molar-refractivity contribution in [2.45, 2.75) is 51.3 Å². The van der Waals surface area contributed by atoms with Crippen LogP contribution >= 0.6 is 0 Å². The van der Waals surface area contributed by atoms with E-state index < -0.39 is 17.2 Å². The molecule has 2 aromatic carbocycles. The van der Waals surface area contributed by atoms with Crippen LogP contribution in [-0.2, 0) is 4.74 Å². The number of carbonyl (C=O) groups excluding carboxylic acids is 1. The minimum atomic E-state index is -0.756. The molecule has 6 rings (SSSR count). The minimum absolute atomic E-state index is 0.0162. The number of ether oxygens (including phenoxy) is 2. The van der Waals surface area contributed by atoms with Crippen LogP contribution in [0.25, 0.3) is 32.9 Å². The highest BCUT2D eigenvalue weighted by Gasteiger charge is 2.45. The second-order valence-corrected chi connectivity index (χ2v) is 11.4. The highest BCUT2D eigenvalue weighted by molar-refractivity contribution is 6.02. The van der Waals surface area contributed by atoms with Crippen LogP contribution in [-0.4, -0.2) is 56.7 Å². The fraction of sp³-hybridized carbons (Fsp3) is 0.312. The van der Waals surface area contributed by atoms with Gasteiger partial charge in [-0.2, -0.15) is 9.97 Å². The molecule has 10 heteroatoms. The van der Waals surface area contributed by atoms with Crippen molar-refractivity contribution in [2.75, 3.05) is 18.0 Å². The van der Waals surface area contributed by atoms with E-state index in [1.807, 2.05) is 31.8 Å². The van der Waals surface area contributed by atoms with Gasteiger partial charge in [-0.25, -0.2) is 13.6 Å². The molecule has 0 N–H and O–H groups in total. The Kier molecular flexibility index (Phi) is 6.58. The number of halogens is 2. The van der Waals surface area contributed by atoms with Crippen molar-refractivity contribution in [1.29, 1.82) is 0 Å². The van der Waals surface area contributed by atoms with Crippen LogP contribution in [0.4, 0.5) is 19.4 Å². The number of pyridine rings is 1. The molecule has 8 nitrogen and oxygen atoms in total. The van der Waals surface area contributed by atoms with Crippen molar-refractivity contribution in [1.82, 2.24) is 19.9 Å². The van der Waals surface area contributed by atoms with Gasteiger partial charge in [0.25, 0.3) is 0 Å². The molecule has 0 saturated carbocycles. The topological polar surface area (TPSA) is 80.7 Å². The summed E-state index contributed by atoms with van der Waals surface area (Å²) in [5, 5.41) is 1.35. The molecule has 1 amide bonds. The third-order valence-corrected chi connectivity index (χ3v) is 7.57. The zero-order valence-electron chi connectivity index (χ0n) is 23.3. The predicted octanol–water partition coefficient (Wildman–Crippen LogP) is 5.66. The van der Waals surface area contributed by atoms with Crippen LogP contribution in [0.1, 0.15) is 39.2 Å². The maximum absolute atomic E-state index is 16.4. The number of rotatable bonds is 3. The van der Waals surface area contributed by atoms with Crippen LogP contribution in [0.3, 0.4) is 0 Å². The van der Waals surface area contributed by atoms with E-state index in [1.54, 1.807) is 29.2 Å². The average molecular weight is 568 g/mol. The van der Waals surface area contributed by atoms with Crippen LogP contribution in [0.15, 0.2) is 36.5 Å². The first-order chi connectivity index (χ1) is 20.1. The molecule has 2 aromatic heterocycles. The first kappa shape index (κ1) is 27.2. The molecule has 0 radical (unpaired) electrons. The van der Waals surface area contributed by atoms with E-state index in [0.717, 1.165) is 12.8 Å². The van der Waals surface area contributed by atoms with Crippen LogP contribution in [0, 0.1) is 36.5 Å². The molecule has 0 aliphatic carbocycles. The van der Waals surface area contributed by atoms with Crippen LogP contribution in [0.2, 0.25) is 0 Å². The van der Waals surface area contributed by atoms with Crippen molar-refractivity contribution in [3.8, 4) is 42.1 Å². The predicted molar refractivity (Wildman–Crippen MR) is 155 cm³/mol. The first-order valence-electron chi connectivity index (χ1n) is 13.5. The lowest BCUT2D eigenvalue weighted by atomic mass is 9.96. The van der Waals surface area contributed by atoms with Gasteiger partial charge in [0.2, 0.25) is 0 Å². The molecule has 212 valence electrons. The largest absolute Gasteiger partial charge is 0.444 e. The maximum Gasteiger partial charge on any atom is 0.410 e. The summed E-state index contributed by atoms with van der Waals surface area (Å²) in [6.45, 7) is 6.38. The number of piperazine rings is 1. The summed E-state index contributed by atoms with van der Waals surface area (Å²) in [4.78, 5) is 30.0. The van der Waals surface area contributed by atoms with Gasteiger partial charge in [-0.1, -0.05) is 36.6 Å². The van der Waals surface area contributed by atoms with Gasteiger partial charge >= 0.3 is 12.1 Å². The number of amides is 1. The summed E-state index contributed by atoms with van der Waals surface area (Å²) in [5.74, 6) is 1.42. The maximum atomic E-state index is 16.4. The molecule has 2 aliphatic heterocycles. The first-order valence-corrected chi connectivity index (χ1v) is 13.5. The van der Waals surface area contributed by atoms with E-state index in [4.69, 9.17) is 22.3 Å². The number of nitrogens with zero attached hydrogens (tertiary/aromatic N) is 5. The molecule has 2 bridgehead atoms. The second-order valence-electron chi connectivity index (χ2n) is 11.4. The Labute approximate surface area is 241 Å². The lowest BCUT2D eigenvalue weighted by molar-refractivity contribution is 0.0123. The van der Waals surface area contributed by atoms with Gasteiger partial charge < -0.3 is 14.4 Å². The molecule has 2 unspecified atom stereocenters. The number of hydrogen-bond donors (Lipinski definition) is 0. The Hall–Kier alpha value is -4.96. The summed E-state index contributed by atoms with van der Waals surface area (Å²) in [5.41, 5.74) is -0.394. The molecule has 0 spiro atoms. The van der Waals surface area contributed by atoms with E-state index in [9.17, 15) is 9.18 Å². The monoisotopic (exact) mass is 567 g/mol. The number of terminal acetylenes is 2. The Morgan fingerprint density at radius 2 is 1.81 bits per heavy atom. The third-order valence-electron chi connectivity index (χ3n) is 7.57. The van der Waals surface area contributed by atoms with Gasteiger partial charge in [0.15, 0.2) is 5.82 Å². The molecule has 4 aromatic rings. The highest BCUT2D eigenvalue weighted by atomic mass is 19.1. The van der Waals surface area contributed by atoms with Gasteiger partial charge in [-0.05, 0) is 45.1 Å².